The Kier molecular flexibility index (Phi) is 5.90. The van der Waals surface area contributed by atoms with Crippen LogP contribution in [0.2, 0.25) is 0 Å². The molecule has 0 aliphatic carbocycles. The molecule has 3 aromatic heterocycles. The van der Waals surface area contributed by atoms with Gasteiger partial charge in [0, 0.05) is 19.3 Å². The number of nitrogens with zero attached hydrogens (tertiary/aromatic N) is 5. The number of rotatable bonds is 7. The summed E-state index contributed by atoms with van der Waals surface area (Å²) in [5.41, 5.74) is 2.97. The number of ether oxygens (including phenoxy) is 1. The van der Waals surface area contributed by atoms with E-state index < -0.39 is 0 Å². The van der Waals surface area contributed by atoms with Gasteiger partial charge in [-0.05, 0) is 56.3 Å². The van der Waals surface area contributed by atoms with Gasteiger partial charge in [-0.25, -0.2) is 4.98 Å². The predicted octanol–water partition coefficient (Wildman–Crippen LogP) is 4.50. The Hall–Kier alpha value is -4.12. The summed E-state index contributed by atoms with van der Waals surface area (Å²) in [4.78, 5) is 20.1. The smallest absolute Gasteiger partial charge is 0.259 e. The van der Waals surface area contributed by atoms with Crippen LogP contribution in [-0.2, 0) is 7.05 Å². The summed E-state index contributed by atoms with van der Waals surface area (Å²) < 4.78 is 12.7. The third-order valence-corrected chi connectivity index (χ3v) is 5.12. The van der Waals surface area contributed by atoms with E-state index in [0.29, 0.717) is 46.0 Å². The molecule has 8 heteroatoms. The molecule has 0 unspecified atom stereocenters. The van der Waals surface area contributed by atoms with Gasteiger partial charge >= 0.3 is 0 Å². The topological polar surface area (TPSA) is 97.2 Å². The van der Waals surface area contributed by atoms with Gasteiger partial charge in [-0.2, -0.15) is 10.4 Å². The predicted molar refractivity (Wildman–Crippen MR) is 120 cm³/mol. The van der Waals surface area contributed by atoms with Crippen LogP contribution < -0.4 is 9.64 Å². The van der Waals surface area contributed by atoms with Crippen molar-refractivity contribution in [3.63, 3.8) is 0 Å². The number of furan rings is 1. The molecule has 32 heavy (non-hydrogen) atoms. The van der Waals surface area contributed by atoms with Crippen molar-refractivity contribution in [2.45, 2.75) is 20.3 Å². The Bertz CT molecular complexity index is 1280. The Morgan fingerprint density at radius 3 is 2.72 bits per heavy atom. The highest BCUT2D eigenvalue weighted by Crippen LogP contribution is 2.30. The van der Waals surface area contributed by atoms with Crippen molar-refractivity contribution in [1.29, 1.82) is 5.26 Å². The molecule has 0 N–H and O–H groups in total. The number of hydrogen-bond donors (Lipinski definition) is 0. The number of aryl methyl sites for hydroxylation is 2. The maximum absolute atomic E-state index is 13.8. The van der Waals surface area contributed by atoms with Gasteiger partial charge in [-0.3, -0.25) is 9.48 Å². The lowest BCUT2D eigenvalue weighted by molar-refractivity contribution is 0.0989. The zero-order chi connectivity index (χ0) is 22.7. The number of anilines is 1. The van der Waals surface area contributed by atoms with Gasteiger partial charge in [0.25, 0.3) is 5.91 Å². The van der Waals surface area contributed by atoms with Crippen LogP contribution in [-0.4, -0.2) is 33.8 Å². The van der Waals surface area contributed by atoms with E-state index in [4.69, 9.17) is 9.15 Å². The van der Waals surface area contributed by atoms with Crippen LogP contribution >= 0.6 is 0 Å². The highest BCUT2D eigenvalue weighted by molar-refractivity contribution is 6.14. The van der Waals surface area contributed by atoms with Gasteiger partial charge < -0.3 is 14.1 Å². The molecule has 4 aromatic rings. The van der Waals surface area contributed by atoms with Crippen LogP contribution in [0.25, 0.3) is 22.5 Å². The lowest BCUT2D eigenvalue weighted by Gasteiger charge is -2.23. The second kappa shape index (κ2) is 8.94. The van der Waals surface area contributed by atoms with E-state index in [1.807, 2.05) is 38.1 Å². The molecule has 0 radical (unpaired) electrons. The summed E-state index contributed by atoms with van der Waals surface area (Å²) in [5, 5.41) is 14.3. The molecule has 162 valence electrons. The maximum Gasteiger partial charge on any atom is 0.259 e. The molecule has 0 bridgehead atoms. The molecule has 3 heterocycles. The van der Waals surface area contributed by atoms with Gasteiger partial charge in [0.1, 0.15) is 11.4 Å². The minimum Gasteiger partial charge on any atom is -0.494 e. The van der Waals surface area contributed by atoms with Crippen molar-refractivity contribution in [3.05, 3.63) is 60.0 Å². The van der Waals surface area contributed by atoms with Crippen LogP contribution in [0.4, 0.5) is 5.69 Å². The minimum absolute atomic E-state index is 0.199. The van der Waals surface area contributed by atoms with Crippen molar-refractivity contribution in [3.8, 4) is 23.3 Å². The molecule has 0 fully saturated rings. The fourth-order valence-electron chi connectivity index (χ4n) is 3.71. The number of pyridine rings is 1. The van der Waals surface area contributed by atoms with E-state index in [-0.39, 0.29) is 18.9 Å². The van der Waals surface area contributed by atoms with Crippen LogP contribution in [0.3, 0.4) is 0 Å². The zero-order valence-electron chi connectivity index (χ0n) is 18.2. The Morgan fingerprint density at radius 1 is 1.28 bits per heavy atom. The maximum atomic E-state index is 13.8. The van der Waals surface area contributed by atoms with E-state index in [0.717, 1.165) is 5.75 Å². The van der Waals surface area contributed by atoms with Gasteiger partial charge in [0.15, 0.2) is 11.4 Å². The zero-order valence-corrected chi connectivity index (χ0v) is 18.2. The molecule has 0 saturated heterocycles. The van der Waals surface area contributed by atoms with Gasteiger partial charge in [-0.1, -0.05) is 0 Å². The number of benzene rings is 1. The van der Waals surface area contributed by atoms with E-state index in [2.05, 4.69) is 16.2 Å². The fourth-order valence-corrected chi connectivity index (χ4v) is 3.71. The quantitative estimate of drug-likeness (QED) is 0.429. The monoisotopic (exact) mass is 429 g/mol. The molecular formula is C24H23N5O3. The lowest BCUT2D eigenvalue weighted by atomic mass is 10.1. The van der Waals surface area contributed by atoms with Crippen LogP contribution in [0.5, 0.6) is 5.75 Å². The highest BCUT2D eigenvalue weighted by atomic mass is 16.5. The fraction of sp³-hybridized carbons (Fsp3) is 0.250. The van der Waals surface area contributed by atoms with Gasteiger partial charge in [-0.15, -0.1) is 0 Å². The summed E-state index contributed by atoms with van der Waals surface area (Å²) in [5.74, 6) is 1.05. The summed E-state index contributed by atoms with van der Waals surface area (Å²) in [6, 6.07) is 14.7. The minimum atomic E-state index is -0.235. The van der Waals surface area contributed by atoms with Gasteiger partial charge in [0.05, 0.1) is 42.0 Å². The first-order chi connectivity index (χ1) is 15.5. The third-order valence-electron chi connectivity index (χ3n) is 5.12. The Morgan fingerprint density at radius 2 is 2.06 bits per heavy atom. The first-order valence-electron chi connectivity index (χ1n) is 10.3. The second-order valence-electron chi connectivity index (χ2n) is 7.23. The molecule has 0 aliphatic heterocycles. The van der Waals surface area contributed by atoms with Crippen molar-refractivity contribution < 1.29 is 13.9 Å². The Balaban J connectivity index is 1.84. The average Bonchev–Trinajstić information content (AvgIpc) is 3.43. The number of fused-ring (bicyclic) bond motifs is 1. The molecule has 0 spiro atoms. The standard InChI is InChI=1S/C24H23N5O3/c1-4-31-18-10-8-17(9-11-18)29(13-6-12-25)24(30)19-15-20(21-7-5-14-32-21)26-23-22(19)16(2)27-28(23)3/h5,7-11,14-15H,4,6,13H2,1-3H3. The van der Waals surface area contributed by atoms with Crippen molar-refractivity contribution >= 4 is 22.6 Å². The number of amides is 1. The normalized spacial score (nSPS) is 10.8. The van der Waals surface area contributed by atoms with E-state index in [1.54, 1.807) is 41.1 Å². The lowest BCUT2D eigenvalue weighted by Crippen LogP contribution is -2.32. The van der Waals surface area contributed by atoms with Gasteiger partial charge in [0.2, 0.25) is 0 Å². The number of carbonyl (C=O) groups excluding carboxylic acids is 1. The molecular weight excluding hydrogens is 406 g/mol. The molecule has 0 saturated carbocycles. The largest absolute Gasteiger partial charge is 0.494 e. The molecule has 4 rings (SSSR count). The van der Waals surface area contributed by atoms with Crippen LogP contribution in [0.1, 0.15) is 29.4 Å². The summed E-state index contributed by atoms with van der Waals surface area (Å²) >= 11 is 0. The second-order valence-corrected chi connectivity index (χ2v) is 7.23. The van der Waals surface area contributed by atoms with Crippen molar-refractivity contribution in [1.82, 2.24) is 14.8 Å². The highest BCUT2D eigenvalue weighted by Gasteiger charge is 2.25. The van der Waals surface area contributed by atoms with E-state index in [9.17, 15) is 10.1 Å². The molecule has 8 nitrogen and oxygen atoms in total. The number of hydrogen-bond acceptors (Lipinski definition) is 6. The SMILES string of the molecule is CCOc1ccc(N(CCC#N)C(=O)c2cc(-c3ccco3)nc3c2c(C)nn3C)cc1. The first kappa shape index (κ1) is 21.1. The number of carbonyl (C=O) groups is 1. The Labute approximate surface area is 185 Å². The summed E-state index contributed by atoms with van der Waals surface area (Å²) in [6.07, 6.45) is 1.76. The molecule has 1 amide bonds. The molecule has 0 aliphatic rings. The molecule has 1 aromatic carbocycles. The third kappa shape index (κ3) is 3.93. The van der Waals surface area contributed by atoms with Crippen molar-refractivity contribution in [2.75, 3.05) is 18.1 Å². The summed E-state index contributed by atoms with van der Waals surface area (Å²) in [7, 11) is 1.79. The average molecular weight is 429 g/mol. The first-order valence-corrected chi connectivity index (χ1v) is 10.3. The van der Waals surface area contributed by atoms with E-state index in [1.165, 1.54) is 0 Å². The molecule has 0 atom stereocenters. The number of aromatic nitrogens is 3. The summed E-state index contributed by atoms with van der Waals surface area (Å²) in [6.45, 7) is 4.58. The van der Waals surface area contributed by atoms with E-state index >= 15 is 0 Å². The van der Waals surface area contributed by atoms with Crippen LogP contribution in [0, 0.1) is 18.3 Å². The van der Waals surface area contributed by atoms with Crippen molar-refractivity contribution in [2.24, 2.45) is 7.05 Å². The number of nitriles is 1. The van der Waals surface area contributed by atoms with Crippen LogP contribution in [0.15, 0.2) is 53.1 Å².